The fourth-order valence-corrected chi connectivity index (χ4v) is 0.896. The van der Waals surface area contributed by atoms with Gasteiger partial charge in [-0.1, -0.05) is 0 Å². The molecule has 0 aromatic heterocycles. The van der Waals surface area contributed by atoms with Gasteiger partial charge in [-0.2, -0.15) is 0 Å². The number of carboxylic acid groups (broad SMARTS) is 1. The summed E-state index contributed by atoms with van der Waals surface area (Å²) >= 11 is 0. The molecule has 5 nitrogen and oxygen atoms in total. The lowest BCUT2D eigenvalue weighted by atomic mass is 10.2. The summed E-state index contributed by atoms with van der Waals surface area (Å²) < 4.78 is 5.02. The Bertz CT molecular complexity index is 182. The van der Waals surface area contributed by atoms with Crippen molar-refractivity contribution in [3.05, 3.63) is 0 Å². The quantitative estimate of drug-likeness (QED) is 0.560. The minimum absolute atomic E-state index is 0.0406. The van der Waals surface area contributed by atoms with Crippen LogP contribution in [0.25, 0.3) is 0 Å². The Morgan fingerprint density at radius 3 is 2.64 bits per heavy atom. The first-order valence-electron chi connectivity index (χ1n) is 4.73. The van der Waals surface area contributed by atoms with E-state index in [9.17, 15) is 9.59 Å². The predicted molar refractivity (Wildman–Crippen MR) is 51.0 cm³/mol. The highest BCUT2D eigenvalue weighted by Gasteiger charge is 2.02. The lowest BCUT2D eigenvalue weighted by Crippen LogP contribution is -2.27. The molecule has 0 aromatic rings. The number of aliphatic carboxylic acids is 1. The van der Waals surface area contributed by atoms with Crippen molar-refractivity contribution in [3.63, 3.8) is 0 Å². The maximum Gasteiger partial charge on any atom is 0.303 e. The van der Waals surface area contributed by atoms with Gasteiger partial charge in [0, 0.05) is 26.0 Å². The molecule has 0 aliphatic heterocycles. The highest BCUT2D eigenvalue weighted by Crippen LogP contribution is 1.94. The Labute approximate surface area is 83.4 Å². The van der Waals surface area contributed by atoms with Gasteiger partial charge in [0.1, 0.15) is 0 Å². The van der Waals surface area contributed by atoms with Gasteiger partial charge in [-0.15, -0.1) is 0 Å². The Balaban J connectivity index is 3.24. The smallest absolute Gasteiger partial charge is 0.303 e. The minimum atomic E-state index is -0.868. The summed E-state index contributed by atoms with van der Waals surface area (Å²) in [5, 5.41) is 11.0. The Kier molecular flexibility index (Phi) is 7.83. The molecular formula is C9H17NO4. The minimum Gasteiger partial charge on any atom is -0.481 e. The number of amides is 1. The topological polar surface area (TPSA) is 75.6 Å². The first-order chi connectivity index (χ1) is 6.66. The number of carbonyl (C=O) groups excluding carboxylic acids is 1. The second-order valence-corrected chi connectivity index (χ2v) is 2.79. The van der Waals surface area contributed by atoms with E-state index in [0.29, 0.717) is 26.2 Å². The maximum absolute atomic E-state index is 11.0. The molecule has 14 heavy (non-hydrogen) atoms. The van der Waals surface area contributed by atoms with Gasteiger partial charge in [0.05, 0.1) is 6.61 Å². The Morgan fingerprint density at radius 1 is 1.36 bits per heavy atom. The van der Waals surface area contributed by atoms with E-state index in [1.165, 1.54) is 0 Å². The van der Waals surface area contributed by atoms with E-state index in [-0.39, 0.29) is 18.7 Å². The molecule has 0 aromatic carbocycles. The zero-order chi connectivity index (χ0) is 10.8. The van der Waals surface area contributed by atoms with Crippen molar-refractivity contribution >= 4 is 11.9 Å². The van der Waals surface area contributed by atoms with Crippen LogP contribution in [0.3, 0.4) is 0 Å². The zero-order valence-electron chi connectivity index (χ0n) is 8.41. The third-order valence-corrected chi connectivity index (χ3v) is 1.57. The summed E-state index contributed by atoms with van der Waals surface area (Å²) in [6.45, 7) is 3.50. The fraction of sp³-hybridized carbons (Fsp3) is 0.778. The van der Waals surface area contributed by atoms with Gasteiger partial charge in [0.25, 0.3) is 0 Å². The summed E-state index contributed by atoms with van der Waals surface area (Å²) in [7, 11) is 0. The average Bonchev–Trinajstić information content (AvgIpc) is 2.12. The van der Waals surface area contributed by atoms with Crippen LogP contribution in [0.4, 0.5) is 0 Å². The van der Waals surface area contributed by atoms with Crippen LogP contribution in [0.1, 0.15) is 26.2 Å². The molecule has 0 saturated heterocycles. The third-order valence-electron chi connectivity index (χ3n) is 1.57. The Morgan fingerprint density at radius 2 is 2.07 bits per heavy atom. The molecule has 0 saturated carbocycles. The van der Waals surface area contributed by atoms with Gasteiger partial charge in [0.2, 0.25) is 5.91 Å². The summed E-state index contributed by atoms with van der Waals surface area (Å²) in [6, 6.07) is 0. The van der Waals surface area contributed by atoms with E-state index >= 15 is 0 Å². The molecule has 0 radical (unpaired) electrons. The molecule has 0 heterocycles. The van der Waals surface area contributed by atoms with E-state index in [1.807, 2.05) is 6.92 Å². The monoisotopic (exact) mass is 203 g/mol. The molecule has 0 aliphatic carbocycles. The van der Waals surface area contributed by atoms with E-state index in [2.05, 4.69) is 5.32 Å². The first kappa shape index (κ1) is 12.9. The standard InChI is InChI=1S/C9H17NO4/c1-2-14-7-6-10-8(11)4-3-5-9(12)13/h2-7H2,1H3,(H,10,11)(H,12,13). The molecule has 1 amide bonds. The van der Waals surface area contributed by atoms with Crippen molar-refractivity contribution in [2.24, 2.45) is 0 Å². The van der Waals surface area contributed by atoms with Crippen LogP contribution in [0.5, 0.6) is 0 Å². The van der Waals surface area contributed by atoms with Crippen molar-refractivity contribution in [1.82, 2.24) is 5.32 Å². The van der Waals surface area contributed by atoms with Crippen LogP contribution >= 0.6 is 0 Å². The molecular weight excluding hydrogens is 186 g/mol. The van der Waals surface area contributed by atoms with Crippen molar-refractivity contribution in [3.8, 4) is 0 Å². The SMILES string of the molecule is CCOCCNC(=O)CCCC(=O)O. The summed E-state index contributed by atoms with van der Waals surface area (Å²) in [4.78, 5) is 21.2. The molecule has 0 fully saturated rings. The lowest BCUT2D eigenvalue weighted by molar-refractivity contribution is -0.137. The lowest BCUT2D eigenvalue weighted by Gasteiger charge is -2.04. The normalized spacial score (nSPS) is 9.79. The largest absolute Gasteiger partial charge is 0.481 e. The van der Waals surface area contributed by atoms with Crippen molar-refractivity contribution in [2.45, 2.75) is 26.2 Å². The number of hydrogen-bond acceptors (Lipinski definition) is 3. The predicted octanol–water partition coefficient (Wildman–Crippen LogP) is 0.394. The maximum atomic E-state index is 11.0. The second-order valence-electron chi connectivity index (χ2n) is 2.79. The van der Waals surface area contributed by atoms with Gasteiger partial charge in [0.15, 0.2) is 0 Å². The van der Waals surface area contributed by atoms with Crippen molar-refractivity contribution in [1.29, 1.82) is 0 Å². The van der Waals surface area contributed by atoms with Gasteiger partial charge < -0.3 is 15.2 Å². The number of ether oxygens (including phenoxy) is 1. The highest BCUT2D eigenvalue weighted by molar-refractivity contribution is 5.76. The zero-order valence-corrected chi connectivity index (χ0v) is 8.41. The molecule has 0 spiro atoms. The van der Waals surface area contributed by atoms with E-state index < -0.39 is 5.97 Å². The molecule has 2 N–H and O–H groups in total. The van der Waals surface area contributed by atoms with Crippen molar-refractivity contribution in [2.75, 3.05) is 19.8 Å². The molecule has 0 aliphatic rings. The Hall–Kier alpha value is -1.10. The second kappa shape index (κ2) is 8.50. The van der Waals surface area contributed by atoms with E-state index in [4.69, 9.17) is 9.84 Å². The number of carbonyl (C=O) groups is 2. The van der Waals surface area contributed by atoms with Gasteiger partial charge in [-0.25, -0.2) is 0 Å². The average molecular weight is 203 g/mol. The van der Waals surface area contributed by atoms with Gasteiger partial charge in [-0.3, -0.25) is 9.59 Å². The van der Waals surface area contributed by atoms with Crippen LogP contribution in [-0.2, 0) is 14.3 Å². The van der Waals surface area contributed by atoms with Gasteiger partial charge >= 0.3 is 5.97 Å². The molecule has 82 valence electrons. The molecule has 0 rings (SSSR count). The summed E-state index contributed by atoms with van der Waals surface area (Å²) in [5.41, 5.74) is 0. The summed E-state index contributed by atoms with van der Waals surface area (Å²) in [6.07, 6.45) is 0.688. The molecule has 0 bridgehead atoms. The molecule has 0 unspecified atom stereocenters. The van der Waals surface area contributed by atoms with Crippen LogP contribution in [0.2, 0.25) is 0 Å². The molecule has 0 atom stereocenters. The number of carboxylic acids is 1. The first-order valence-corrected chi connectivity index (χ1v) is 4.73. The van der Waals surface area contributed by atoms with Crippen LogP contribution in [-0.4, -0.2) is 36.7 Å². The van der Waals surface area contributed by atoms with Gasteiger partial charge in [-0.05, 0) is 13.3 Å². The van der Waals surface area contributed by atoms with Crippen LogP contribution in [0.15, 0.2) is 0 Å². The number of nitrogens with one attached hydrogen (secondary N) is 1. The van der Waals surface area contributed by atoms with Crippen molar-refractivity contribution < 1.29 is 19.4 Å². The molecule has 5 heteroatoms. The fourth-order valence-electron chi connectivity index (χ4n) is 0.896. The number of rotatable bonds is 8. The third kappa shape index (κ3) is 8.99. The summed E-state index contributed by atoms with van der Waals surface area (Å²) in [5.74, 6) is -0.988. The van der Waals surface area contributed by atoms with Crippen LogP contribution in [0, 0.1) is 0 Å². The van der Waals surface area contributed by atoms with Crippen LogP contribution < -0.4 is 5.32 Å². The van der Waals surface area contributed by atoms with E-state index in [1.54, 1.807) is 0 Å². The van der Waals surface area contributed by atoms with E-state index in [0.717, 1.165) is 0 Å². The highest BCUT2D eigenvalue weighted by atomic mass is 16.5. The number of hydrogen-bond donors (Lipinski definition) is 2.